The largest absolute Gasteiger partial charge is 0.418 e. The number of urea groups is 2. The van der Waals surface area contributed by atoms with Gasteiger partial charge in [0.15, 0.2) is 0 Å². The topological polar surface area (TPSA) is 114 Å². The normalized spacial score (nSPS) is 21.2. The number of hydrogen-bond acceptors (Lipinski definition) is 6. The second kappa shape index (κ2) is 14.4. The molecule has 262 valence electrons. The van der Waals surface area contributed by atoms with Gasteiger partial charge < -0.3 is 36.0 Å². The van der Waals surface area contributed by atoms with Crippen molar-refractivity contribution < 1.29 is 27.6 Å². The number of thiophene rings is 1. The molecule has 4 N–H and O–H groups in total. The highest BCUT2D eigenvalue weighted by Crippen LogP contribution is 2.39. The van der Waals surface area contributed by atoms with Crippen LogP contribution >= 0.6 is 27.3 Å². The average Bonchev–Trinajstić information content (AvgIpc) is 3.52. The first-order valence-electron chi connectivity index (χ1n) is 16.7. The highest BCUT2D eigenvalue weighted by atomic mass is 79.9. The molecule has 1 aromatic heterocycles. The van der Waals surface area contributed by atoms with E-state index in [0.717, 1.165) is 56.1 Å². The molecule has 1 atom stereocenters. The molecule has 3 saturated heterocycles. The highest BCUT2D eigenvalue weighted by Gasteiger charge is 2.38. The van der Waals surface area contributed by atoms with Gasteiger partial charge in [0.25, 0.3) is 0 Å². The lowest BCUT2D eigenvalue weighted by Gasteiger charge is -2.41. The van der Waals surface area contributed by atoms with Crippen LogP contribution in [-0.4, -0.2) is 96.0 Å². The number of amides is 5. The van der Waals surface area contributed by atoms with Crippen molar-refractivity contribution in [1.29, 1.82) is 0 Å². The number of rotatable bonds is 6. The molecular weight excluding hydrogens is 711 g/mol. The van der Waals surface area contributed by atoms with E-state index < -0.39 is 29.5 Å². The molecule has 3 fully saturated rings. The molecule has 0 aliphatic carbocycles. The standard InChI is InChI=1S/C33H43BrF3N7O3S/c1-41-8-2-21(3-9-41)22-4-10-42(11-5-22)30(45)27(16-20-14-25(33(35,36)37)29(38)26(34)15-20)39-31(46)43-12-6-24(7-13-43)44-17-23-18-48-19-28(23)40-32(44)47/h14-15,18-19,21-22,24,27H,2-13,16-17,38H2,1H3,(H,39,46)(H,40,47)/t27-/m1/s1. The summed E-state index contributed by atoms with van der Waals surface area (Å²) in [7, 11) is 2.14. The van der Waals surface area contributed by atoms with Gasteiger partial charge in [-0.3, -0.25) is 4.79 Å². The fourth-order valence-corrected chi connectivity index (χ4v) is 8.98. The lowest BCUT2D eigenvalue weighted by atomic mass is 9.79. The number of carbonyl (C=O) groups excluding carboxylic acids is 3. The van der Waals surface area contributed by atoms with Crippen molar-refractivity contribution in [2.75, 3.05) is 57.4 Å². The van der Waals surface area contributed by atoms with Gasteiger partial charge >= 0.3 is 18.2 Å². The minimum Gasteiger partial charge on any atom is -0.397 e. The summed E-state index contributed by atoms with van der Waals surface area (Å²) >= 11 is 4.69. The number of nitrogen functional groups attached to an aromatic ring is 1. The van der Waals surface area contributed by atoms with Crippen LogP contribution in [0.2, 0.25) is 0 Å². The van der Waals surface area contributed by atoms with Crippen molar-refractivity contribution in [2.24, 2.45) is 11.8 Å². The highest BCUT2D eigenvalue weighted by molar-refractivity contribution is 9.10. The second-order valence-electron chi connectivity index (χ2n) is 13.6. The number of likely N-dealkylation sites (tertiary alicyclic amines) is 3. The van der Waals surface area contributed by atoms with Crippen molar-refractivity contribution >= 4 is 56.6 Å². The van der Waals surface area contributed by atoms with E-state index in [9.17, 15) is 27.6 Å². The minimum atomic E-state index is -4.68. The van der Waals surface area contributed by atoms with Crippen LogP contribution in [0.25, 0.3) is 0 Å². The second-order valence-corrected chi connectivity index (χ2v) is 15.2. The van der Waals surface area contributed by atoms with Gasteiger partial charge in [0, 0.05) is 54.1 Å². The smallest absolute Gasteiger partial charge is 0.397 e. The Balaban J connectivity index is 1.13. The van der Waals surface area contributed by atoms with Crippen molar-refractivity contribution in [3.63, 3.8) is 0 Å². The van der Waals surface area contributed by atoms with E-state index in [0.29, 0.717) is 57.4 Å². The van der Waals surface area contributed by atoms with E-state index in [-0.39, 0.29) is 34.4 Å². The third kappa shape index (κ3) is 7.72. The summed E-state index contributed by atoms with van der Waals surface area (Å²) in [6, 6.07) is 0.753. The number of nitrogens with zero attached hydrogens (tertiary/aromatic N) is 4. The van der Waals surface area contributed by atoms with Crippen LogP contribution in [-0.2, 0) is 23.9 Å². The maximum Gasteiger partial charge on any atom is 0.418 e. The first-order valence-corrected chi connectivity index (χ1v) is 18.4. The summed E-state index contributed by atoms with van der Waals surface area (Å²) in [5.41, 5.74) is 6.50. The van der Waals surface area contributed by atoms with Crippen LogP contribution in [0.4, 0.5) is 34.1 Å². The van der Waals surface area contributed by atoms with Crippen LogP contribution in [0, 0.1) is 11.8 Å². The number of nitrogens with one attached hydrogen (secondary N) is 2. The Morgan fingerprint density at radius 2 is 1.62 bits per heavy atom. The van der Waals surface area contributed by atoms with Crippen molar-refractivity contribution in [2.45, 2.75) is 69.8 Å². The number of anilines is 2. The van der Waals surface area contributed by atoms with Gasteiger partial charge in [0.2, 0.25) is 5.91 Å². The molecule has 5 heterocycles. The minimum absolute atomic E-state index is 0.0432. The number of halogens is 4. The summed E-state index contributed by atoms with van der Waals surface area (Å²) < 4.78 is 41.6. The van der Waals surface area contributed by atoms with Crippen molar-refractivity contribution in [3.8, 4) is 0 Å². The van der Waals surface area contributed by atoms with Crippen LogP contribution in [0.15, 0.2) is 27.4 Å². The van der Waals surface area contributed by atoms with Crippen molar-refractivity contribution in [3.05, 3.63) is 44.1 Å². The molecule has 4 aliphatic rings. The molecule has 10 nitrogen and oxygen atoms in total. The molecule has 6 rings (SSSR count). The van der Waals surface area contributed by atoms with Crippen LogP contribution in [0.5, 0.6) is 0 Å². The predicted molar refractivity (Wildman–Crippen MR) is 183 cm³/mol. The lowest BCUT2D eigenvalue weighted by Crippen LogP contribution is -2.57. The van der Waals surface area contributed by atoms with Crippen LogP contribution in [0.1, 0.15) is 55.2 Å². The predicted octanol–water partition coefficient (Wildman–Crippen LogP) is 5.82. The molecule has 1 aromatic carbocycles. The number of alkyl halides is 3. The quantitative estimate of drug-likeness (QED) is 0.322. The molecule has 5 amide bonds. The van der Waals surface area contributed by atoms with E-state index in [4.69, 9.17) is 5.73 Å². The van der Waals surface area contributed by atoms with E-state index in [1.807, 2.05) is 15.7 Å². The van der Waals surface area contributed by atoms with Gasteiger partial charge in [0.1, 0.15) is 6.04 Å². The Labute approximate surface area is 291 Å². The third-order valence-corrected chi connectivity index (χ3v) is 12.0. The summed E-state index contributed by atoms with van der Waals surface area (Å²) in [5, 5.41) is 9.76. The molecule has 0 unspecified atom stereocenters. The molecule has 15 heteroatoms. The SMILES string of the molecule is CN1CCC(C2CCN(C(=O)[C@@H](Cc3cc(Br)c(N)c(C(F)(F)F)c3)NC(=O)N3CCC(N4Cc5cscc5NC4=O)CC3)CC2)CC1. The number of benzene rings is 1. The molecule has 48 heavy (non-hydrogen) atoms. The van der Waals surface area contributed by atoms with E-state index in [2.05, 4.69) is 38.5 Å². The zero-order valence-corrected chi connectivity index (χ0v) is 29.4. The number of fused-ring (bicyclic) bond motifs is 1. The Morgan fingerprint density at radius 3 is 2.27 bits per heavy atom. The maximum atomic E-state index is 14.0. The average molecular weight is 755 g/mol. The Bertz CT molecular complexity index is 1500. The zero-order chi connectivity index (χ0) is 34.2. The van der Waals surface area contributed by atoms with Gasteiger partial charge in [-0.05, 0) is 110 Å². The number of piperidine rings is 3. The van der Waals surface area contributed by atoms with Crippen molar-refractivity contribution in [1.82, 2.24) is 24.9 Å². The van der Waals surface area contributed by atoms with Gasteiger partial charge in [-0.25, -0.2) is 9.59 Å². The number of carbonyl (C=O) groups is 3. The molecule has 0 radical (unpaired) electrons. The number of hydrogen-bond donors (Lipinski definition) is 3. The summed E-state index contributed by atoms with van der Waals surface area (Å²) in [6.07, 6.45) is 0.391. The van der Waals surface area contributed by atoms with Gasteiger partial charge in [0.05, 0.1) is 23.5 Å². The van der Waals surface area contributed by atoms with Crippen LogP contribution < -0.4 is 16.4 Å². The Morgan fingerprint density at radius 1 is 1.00 bits per heavy atom. The van der Waals surface area contributed by atoms with E-state index in [1.54, 1.807) is 9.80 Å². The Kier molecular flexibility index (Phi) is 10.5. The fourth-order valence-electron chi connectivity index (χ4n) is 7.69. The molecule has 4 aliphatic heterocycles. The van der Waals surface area contributed by atoms with E-state index >= 15 is 0 Å². The molecule has 0 saturated carbocycles. The van der Waals surface area contributed by atoms with Gasteiger partial charge in [-0.15, -0.1) is 11.3 Å². The summed E-state index contributed by atoms with van der Waals surface area (Å²) in [5.74, 6) is 0.874. The molecule has 0 spiro atoms. The van der Waals surface area contributed by atoms with Gasteiger partial charge in [-0.2, -0.15) is 13.2 Å². The monoisotopic (exact) mass is 753 g/mol. The first kappa shape index (κ1) is 34.8. The lowest BCUT2D eigenvalue weighted by molar-refractivity contribution is -0.137. The third-order valence-electron chi connectivity index (χ3n) is 10.6. The number of nitrogens with two attached hydrogens (primary N) is 1. The first-order chi connectivity index (χ1) is 22.9. The van der Waals surface area contributed by atoms with E-state index in [1.165, 1.54) is 17.4 Å². The molecular formula is C33H43BrF3N7O3S. The molecule has 0 bridgehead atoms. The van der Waals surface area contributed by atoms with Gasteiger partial charge in [-0.1, -0.05) is 0 Å². The zero-order valence-electron chi connectivity index (χ0n) is 27.0. The maximum absolute atomic E-state index is 14.0. The summed E-state index contributed by atoms with van der Waals surface area (Å²) in [6.45, 7) is 4.54. The fraction of sp³-hybridized carbons (Fsp3) is 0.606. The summed E-state index contributed by atoms with van der Waals surface area (Å²) in [4.78, 5) is 48.0. The molecule has 2 aromatic rings. The Hall–Kier alpha value is -3.04. The van der Waals surface area contributed by atoms with Crippen LogP contribution in [0.3, 0.4) is 0 Å².